The summed E-state index contributed by atoms with van der Waals surface area (Å²) in [4.78, 5) is 13.3. The van der Waals surface area contributed by atoms with Crippen LogP contribution in [0.15, 0.2) is 11.1 Å². The van der Waals surface area contributed by atoms with Crippen LogP contribution in [0, 0.1) is 40.9 Å². The first-order valence-corrected chi connectivity index (χ1v) is 13.2. The Kier molecular flexibility index (Phi) is 5.05. The van der Waals surface area contributed by atoms with Gasteiger partial charge >= 0.3 is 0 Å². The molecule has 3 saturated carbocycles. The van der Waals surface area contributed by atoms with Crippen LogP contribution in [0.4, 0.5) is 0 Å². The van der Waals surface area contributed by atoms with Crippen LogP contribution in [-0.4, -0.2) is 63.7 Å². The average molecular weight is 460 g/mol. The smallest absolute Gasteiger partial charge is 0.136 e. The predicted molar refractivity (Wildman–Crippen MR) is 123 cm³/mol. The van der Waals surface area contributed by atoms with E-state index >= 15 is 0 Å². The van der Waals surface area contributed by atoms with Crippen LogP contribution in [0.2, 0.25) is 0 Å². The summed E-state index contributed by atoms with van der Waals surface area (Å²) in [5.74, 6) is 1.28. The van der Waals surface area contributed by atoms with E-state index in [0.717, 1.165) is 19.4 Å². The zero-order chi connectivity index (χ0) is 23.4. The van der Waals surface area contributed by atoms with E-state index in [4.69, 9.17) is 4.74 Å². The molecule has 2 saturated heterocycles. The minimum Gasteiger partial charge on any atom is -0.392 e. The first-order valence-electron chi connectivity index (χ1n) is 13.2. The van der Waals surface area contributed by atoms with E-state index in [1.165, 1.54) is 11.1 Å². The summed E-state index contributed by atoms with van der Waals surface area (Å²) >= 11 is 0. The second-order valence-corrected chi connectivity index (χ2v) is 12.8. The van der Waals surface area contributed by atoms with Gasteiger partial charge in [0.1, 0.15) is 5.78 Å². The molecule has 0 bridgehead atoms. The molecule has 0 amide bonds. The van der Waals surface area contributed by atoms with Gasteiger partial charge in [0.15, 0.2) is 0 Å². The summed E-state index contributed by atoms with van der Waals surface area (Å²) in [5, 5.41) is 36.2. The minimum atomic E-state index is -0.812. The fourth-order valence-corrected chi connectivity index (χ4v) is 9.53. The summed E-state index contributed by atoms with van der Waals surface area (Å²) in [6.45, 7) is 9.96. The van der Waals surface area contributed by atoms with Gasteiger partial charge in [-0.25, -0.2) is 0 Å². The van der Waals surface area contributed by atoms with Gasteiger partial charge in [-0.05, 0) is 67.9 Å². The van der Waals surface area contributed by atoms with Crippen molar-refractivity contribution in [2.75, 3.05) is 6.54 Å². The van der Waals surface area contributed by atoms with Gasteiger partial charge in [0.2, 0.25) is 0 Å². The van der Waals surface area contributed by atoms with Gasteiger partial charge in [0.05, 0.1) is 30.0 Å². The largest absolute Gasteiger partial charge is 0.392 e. The molecular weight excluding hydrogens is 418 g/mol. The Morgan fingerprint density at radius 2 is 1.79 bits per heavy atom. The molecule has 1 unspecified atom stereocenters. The minimum absolute atomic E-state index is 0.0108. The van der Waals surface area contributed by atoms with Gasteiger partial charge in [-0.15, -0.1) is 0 Å². The van der Waals surface area contributed by atoms with E-state index < -0.39 is 23.9 Å². The number of ketones is 1. The maximum absolute atomic E-state index is 13.3. The molecule has 4 aliphatic carbocycles. The highest BCUT2D eigenvalue weighted by Gasteiger charge is 2.65. The molecule has 6 nitrogen and oxygen atoms in total. The second-order valence-electron chi connectivity index (χ2n) is 12.8. The maximum Gasteiger partial charge on any atom is 0.136 e. The number of carbonyl (C=O) groups excluding carboxylic acids is 1. The van der Waals surface area contributed by atoms with E-state index in [2.05, 4.69) is 33.0 Å². The Labute approximate surface area is 197 Å². The summed E-state index contributed by atoms with van der Waals surface area (Å²) in [6, 6.07) is 0.322. The van der Waals surface area contributed by atoms with Gasteiger partial charge in [0, 0.05) is 36.6 Å². The third kappa shape index (κ3) is 2.94. The highest BCUT2D eigenvalue weighted by molar-refractivity contribution is 5.83. The van der Waals surface area contributed by atoms with Crippen LogP contribution in [0.5, 0.6) is 0 Å². The maximum atomic E-state index is 13.3. The Bertz CT molecular complexity index is 888. The molecule has 1 spiro atoms. The van der Waals surface area contributed by atoms with Crippen molar-refractivity contribution in [1.29, 1.82) is 0 Å². The summed E-state index contributed by atoms with van der Waals surface area (Å²) in [7, 11) is 0. The number of hydrogen-bond donors (Lipinski definition) is 4. The quantitative estimate of drug-likeness (QED) is 0.415. The van der Waals surface area contributed by atoms with E-state index in [0.29, 0.717) is 37.6 Å². The number of rotatable bonds is 0. The van der Waals surface area contributed by atoms with Crippen molar-refractivity contribution in [3.05, 3.63) is 11.1 Å². The Morgan fingerprint density at radius 1 is 1.03 bits per heavy atom. The second kappa shape index (κ2) is 7.36. The van der Waals surface area contributed by atoms with Crippen molar-refractivity contribution in [2.24, 2.45) is 40.9 Å². The monoisotopic (exact) mass is 459 g/mol. The lowest BCUT2D eigenvalue weighted by atomic mass is 9.51. The van der Waals surface area contributed by atoms with Crippen LogP contribution < -0.4 is 5.32 Å². The number of Topliss-reactive ketones (excluding diaryl/α,β-unsaturated/α-hetero) is 1. The zero-order valence-corrected chi connectivity index (χ0v) is 20.5. The molecule has 6 rings (SSSR count). The average Bonchev–Trinajstić information content (AvgIpc) is 3.26. The third-order valence-electron chi connectivity index (χ3n) is 11.3. The molecule has 5 fully saturated rings. The van der Waals surface area contributed by atoms with Crippen LogP contribution in [0.3, 0.4) is 0 Å². The first-order chi connectivity index (χ1) is 15.6. The number of carbonyl (C=O) groups is 1. The highest BCUT2D eigenvalue weighted by Crippen LogP contribution is 2.65. The number of aliphatic hydroxyl groups is 3. The number of ether oxygens (including phenoxy) is 1. The van der Waals surface area contributed by atoms with Gasteiger partial charge in [-0.2, -0.15) is 0 Å². The van der Waals surface area contributed by atoms with Gasteiger partial charge in [-0.3, -0.25) is 4.79 Å². The number of piperidine rings is 1. The Morgan fingerprint density at radius 3 is 2.55 bits per heavy atom. The summed E-state index contributed by atoms with van der Waals surface area (Å²) < 4.78 is 6.88. The lowest BCUT2D eigenvalue weighted by Gasteiger charge is -2.54. The molecule has 6 aliphatic rings. The predicted octanol–water partition coefficient (Wildman–Crippen LogP) is 2.20. The van der Waals surface area contributed by atoms with Crippen LogP contribution in [0.1, 0.15) is 66.2 Å². The molecule has 0 radical (unpaired) electrons. The Hall–Kier alpha value is -0.790. The molecule has 4 N–H and O–H groups in total. The number of hydrogen-bond acceptors (Lipinski definition) is 6. The molecule has 184 valence electrons. The Balaban J connectivity index is 1.38. The summed E-state index contributed by atoms with van der Waals surface area (Å²) in [5.41, 5.74) is 1.85. The zero-order valence-electron chi connectivity index (χ0n) is 20.5. The van der Waals surface area contributed by atoms with Crippen molar-refractivity contribution in [3.63, 3.8) is 0 Å². The SMILES string of the molecule is CC1=C2C[C@H]3[C@@H](CC(=O)[C@@H]4C[C@H](O)[C@@H](O)C[C@@]43C)[C@@H]2[C@@H](O)CC12O[C@@H]1C[C@H](C)CN[C@H]1[C@H]2C. The summed E-state index contributed by atoms with van der Waals surface area (Å²) in [6.07, 6.45) is 1.94. The van der Waals surface area contributed by atoms with Gasteiger partial charge in [-0.1, -0.05) is 26.3 Å². The molecule has 13 atom stereocenters. The van der Waals surface area contributed by atoms with Crippen molar-refractivity contribution in [3.8, 4) is 0 Å². The molecule has 0 aromatic heterocycles. The van der Waals surface area contributed by atoms with E-state index in [-0.39, 0.29) is 46.9 Å². The molecule has 2 aliphatic heterocycles. The van der Waals surface area contributed by atoms with E-state index in [1.54, 1.807) is 0 Å². The normalized spacial score (nSPS) is 58.2. The standard InChI is InChI=1S/C27H41NO5/c1-12-5-23-25(28-11-12)14(3)27(33-23)10-22(32)24-15(13(27)2)6-17-16(24)7-19(29)18-8-20(30)21(31)9-26(17,18)4/h12,14,16-18,20-25,28,30-32H,5-11H2,1-4H3/t12-,14+,16+,17-,18-,20-,21-,22-,23+,24+,25-,26+,27?/m0/s1. The van der Waals surface area contributed by atoms with Crippen molar-refractivity contribution >= 4 is 5.78 Å². The van der Waals surface area contributed by atoms with E-state index in [9.17, 15) is 20.1 Å². The topological polar surface area (TPSA) is 99.0 Å². The fraction of sp³-hybridized carbons (Fsp3) is 0.889. The van der Waals surface area contributed by atoms with Crippen LogP contribution in [-0.2, 0) is 9.53 Å². The van der Waals surface area contributed by atoms with Crippen molar-refractivity contribution in [2.45, 2.75) is 102 Å². The lowest BCUT2D eigenvalue weighted by molar-refractivity contribution is -0.159. The number of fused-ring (bicyclic) bond motifs is 6. The van der Waals surface area contributed by atoms with E-state index in [1.807, 2.05) is 0 Å². The molecule has 0 aromatic rings. The van der Waals surface area contributed by atoms with Gasteiger partial charge < -0.3 is 25.4 Å². The van der Waals surface area contributed by atoms with Crippen LogP contribution >= 0.6 is 0 Å². The van der Waals surface area contributed by atoms with Crippen molar-refractivity contribution in [1.82, 2.24) is 5.32 Å². The highest BCUT2D eigenvalue weighted by atomic mass is 16.5. The molecule has 33 heavy (non-hydrogen) atoms. The lowest BCUT2D eigenvalue weighted by Crippen LogP contribution is -2.56. The van der Waals surface area contributed by atoms with Crippen molar-refractivity contribution < 1.29 is 24.9 Å². The molecule has 0 aromatic carbocycles. The van der Waals surface area contributed by atoms with Crippen LogP contribution in [0.25, 0.3) is 0 Å². The third-order valence-corrected chi connectivity index (χ3v) is 11.3. The number of aliphatic hydroxyl groups excluding tert-OH is 3. The molecule has 6 heteroatoms. The molecule has 2 heterocycles. The number of nitrogens with one attached hydrogen (secondary N) is 1. The first kappa shape index (κ1) is 22.7. The molecular formula is C27H41NO5. The van der Waals surface area contributed by atoms with Gasteiger partial charge in [0.25, 0.3) is 0 Å². The fourth-order valence-electron chi connectivity index (χ4n) is 9.53.